The van der Waals surface area contributed by atoms with Gasteiger partial charge in [-0.05, 0) is 62.2 Å². The van der Waals surface area contributed by atoms with E-state index in [1.165, 1.54) is 9.44 Å². The van der Waals surface area contributed by atoms with Gasteiger partial charge in [-0.3, -0.25) is 24.0 Å². The topological polar surface area (TPSA) is 100 Å². The number of aryl methyl sites for hydroxylation is 1. The Labute approximate surface area is 203 Å². The van der Waals surface area contributed by atoms with E-state index >= 15 is 0 Å². The lowest BCUT2D eigenvalue weighted by Crippen LogP contribution is -2.42. The molecule has 2 N–H and O–H groups in total. The highest BCUT2D eigenvalue weighted by Crippen LogP contribution is 2.29. The van der Waals surface area contributed by atoms with Crippen LogP contribution in [0.15, 0.2) is 33.2 Å². The number of thiophene rings is 1. The molecule has 1 aliphatic rings. The lowest BCUT2D eigenvalue weighted by Gasteiger charge is -2.36. The van der Waals surface area contributed by atoms with Crippen LogP contribution in [-0.4, -0.2) is 45.0 Å². The summed E-state index contributed by atoms with van der Waals surface area (Å²) < 4.78 is 1.41. The first kappa shape index (κ1) is 24.3. The molecule has 3 aromatic rings. The van der Waals surface area contributed by atoms with Crippen LogP contribution in [0.1, 0.15) is 73.4 Å². The highest BCUT2D eigenvalue weighted by Gasteiger charge is 2.27. The first-order chi connectivity index (χ1) is 16.3. The van der Waals surface area contributed by atoms with Crippen LogP contribution in [0.5, 0.6) is 0 Å². The summed E-state index contributed by atoms with van der Waals surface area (Å²) in [6.07, 6.45) is 2.29. The maximum Gasteiger partial charge on any atom is 0.329 e. The minimum atomic E-state index is -0.586. The number of hydrogen-bond acceptors (Lipinski definition) is 6. The Bertz CT molecular complexity index is 1270. The summed E-state index contributed by atoms with van der Waals surface area (Å²) in [6, 6.07) is 5.92. The third-order valence-corrected chi connectivity index (χ3v) is 7.68. The molecule has 0 bridgehead atoms. The number of hydrogen-bond donors (Lipinski definition) is 2. The van der Waals surface area contributed by atoms with Crippen LogP contribution in [0.3, 0.4) is 0 Å². The molecule has 0 saturated carbocycles. The predicted molar refractivity (Wildman–Crippen MR) is 136 cm³/mol. The number of piperidine rings is 1. The van der Waals surface area contributed by atoms with E-state index in [1.54, 1.807) is 17.4 Å². The van der Waals surface area contributed by atoms with Gasteiger partial charge in [0, 0.05) is 23.7 Å². The number of nitrogens with zero attached hydrogens (tertiary/aromatic N) is 3. The molecular formula is C25H33N5O3S. The number of aromatic amines is 1. The molecule has 1 saturated heterocycles. The molecule has 8 nitrogen and oxygen atoms in total. The monoisotopic (exact) mass is 483 g/mol. The molecule has 0 aliphatic carbocycles. The number of H-pyrrole nitrogens is 1. The van der Waals surface area contributed by atoms with Gasteiger partial charge in [0.1, 0.15) is 0 Å². The zero-order valence-electron chi connectivity index (χ0n) is 20.3. The first-order valence-corrected chi connectivity index (χ1v) is 12.9. The lowest BCUT2D eigenvalue weighted by atomic mass is 9.97. The van der Waals surface area contributed by atoms with Crippen LogP contribution in [-0.2, 0) is 6.54 Å². The second-order valence-corrected chi connectivity index (χ2v) is 10.4. The van der Waals surface area contributed by atoms with E-state index < -0.39 is 11.2 Å². The Hall–Kier alpha value is -2.78. The number of rotatable bonds is 7. The Morgan fingerprint density at radius 2 is 2.03 bits per heavy atom. The standard InChI is InChI=1S/C25H33N5O3S/c1-5-30-22-21(24(32)28-25(30)33)17(13-18(27-22)15(2)3)23(31)26-14-19(20-7-6-12-34-20)29-10-8-16(4)9-11-29/h6-7,12-13,15-16,19H,5,8-11,14H2,1-4H3,(H,26,31)(H,28,32,33). The van der Waals surface area contributed by atoms with E-state index in [1.807, 2.05) is 26.8 Å². The fourth-order valence-electron chi connectivity index (χ4n) is 4.58. The molecule has 1 aliphatic heterocycles. The predicted octanol–water partition coefficient (Wildman–Crippen LogP) is 3.49. The molecule has 1 fully saturated rings. The zero-order chi connectivity index (χ0) is 24.4. The van der Waals surface area contributed by atoms with Gasteiger partial charge < -0.3 is 5.32 Å². The number of aromatic nitrogens is 3. The highest BCUT2D eigenvalue weighted by atomic mass is 32.1. The van der Waals surface area contributed by atoms with E-state index in [2.05, 4.69) is 38.6 Å². The van der Waals surface area contributed by atoms with Gasteiger partial charge in [0.05, 0.1) is 17.0 Å². The van der Waals surface area contributed by atoms with Gasteiger partial charge in [0.25, 0.3) is 11.5 Å². The molecule has 3 aromatic heterocycles. The fraction of sp³-hybridized carbons (Fsp3) is 0.520. The number of carbonyl (C=O) groups is 1. The normalized spacial score (nSPS) is 16.3. The summed E-state index contributed by atoms with van der Waals surface area (Å²) in [7, 11) is 0. The van der Waals surface area contributed by atoms with Crippen molar-refractivity contribution < 1.29 is 4.79 Å². The minimum absolute atomic E-state index is 0.0323. The van der Waals surface area contributed by atoms with E-state index in [-0.39, 0.29) is 34.5 Å². The average Bonchev–Trinajstić information content (AvgIpc) is 3.34. The molecule has 9 heteroatoms. The maximum atomic E-state index is 13.5. The maximum absolute atomic E-state index is 13.5. The third kappa shape index (κ3) is 4.86. The van der Waals surface area contributed by atoms with Crippen molar-refractivity contribution in [3.63, 3.8) is 0 Å². The van der Waals surface area contributed by atoms with Crippen molar-refractivity contribution in [3.8, 4) is 0 Å². The lowest BCUT2D eigenvalue weighted by molar-refractivity contribution is 0.0916. The van der Waals surface area contributed by atoms with Crippen molar-refractivity contribution in [3.05, 3.63) is 60.6 Å². The molecule has 0 spiro atoms. The van der Waals surface area contributed by atoms with Crippen molar-refractivity contribution in [1.82, 2.24) is 24.8 Å². The first-order valence-electron chi connectivity index (χ1n) is 12.0. The summed E-state index contributed by atoms with van der Waals surface area (Å²) in [5.74, 6) is 0.424. The Morgan fingerprint density at radius 1 is 1.29 bits per heavy atom. The van der Waals surface area contributed by atoms with E-state index in [4.69, 9.17) is 0 Å². The van der Waals surface area contributed by atoms with Gasteiger partial charge in [0.15, 0.2) is 5.65 Å². The zero-order valence-corrected chi connectivity index (χ0v) is 21.1. The van der Waals surface area contributed by atoms with Crippen LogP contribution in [0.2, 0.25) is 0 Å². The third-order valence-electron chi connectivity index (χ3n) is 6.71. The smallest absolute Gasteiger partial charge is 0.329 e. The van der Waals surface area contributed by atoms with Gasteiger partial charge in [-0.2, -0.15) is 0 Å². The van der Waals surface area contributed by atoms with Crippen molar-refractivity contribution in [2.75, 3.05) is 19.6 Å². The Kier molecular flexibility index (Phi) is 7.33. The quantitative estimate of drug-likeness (QED) is 0.536. The summed E-state index contributed by atoms with van der Waals surface area (Å²) in [6.45, 7) is 10.8. The van der Waals surface area contributed by atoms with Gasteiger partial charge in [-0.25, -0.2) is 9.78 Å². The second-order valence-electron chi connectivity index (χ2n) is 9.41. The van der Waals surface area contributed by atoms with E-state index in [0.29, 0.717) is 18.8 Å². The van der Waals surface area contributed by atoms with Crippen LogP contribution >= 0.6 is 11.3 Å². The van der Waals surface area contributed by atoms with Crippen LogP contribution in [0.25, 0.3) is 11.0 Å². The van der Waals surface area contributed by atoms with E-state index in [9.17, 15) is 14.4 Å². The van der Waals surface area contributed by atoms with Crippen LogP contribution < -0.4 is 16.6 Å². The van der Waals surface area contributed by atoms with Gasteiger partial charge in [-0.1, -0.05) is 26.8 Å². The van der Waals surface area contributed by atoms with Crippen LogP contribution in [0, 0.1) is 5.92 Å². The Morgan fingerprint density at radius 3 is 2.65 bits per heavy atom. The molecule has 34 heavy (non-hydrogen) atoms. The van der Waals surface area contributed by atoms with Gasteiger partial charge in [-0.15, -0.1) is 11.3 Å². The SMILES string of the molecule is CCn1c(=O)[nH]c(=O)c2c(C(=O)NCC(c3cccs3)N3CCC(C)CC3)cc(C(C)C)nc21. The summed E-state index contributed by atoms with van der Waals surface area (Å²) in [4.78, 5) is 49.2. The number of amides is 1. The van der Waals surface area contributed by atoms with Crippen molar-refractivity contribution in [2.45, 2.75) is 59.0 Å². The summed E-state index contributed by atoms with van der Waals surface area (Å²) in [5.41, 5.74) is 0.0841. The van der Waals surface area contributed by atoms with Crippen molar-refractivity contribution in [2.24, 2.45) is 5.92 Å². The molecule has 182 valence electrons. The minimum Gasteiger partial charge on any atom is -0.350 e. The Balaban J connectivity index is 1.69. The highest BCUT2D eigenvalue weighted by molar-refractivity contribution is 7.10. The molecular weight excluding hydrogens is 450 g/mol. The van der Waals surface area contributed by atoms with Gasteiger partial charge >= 0.3 is 5.69 Å². The molecule has 1 unspecified atom stereocenters. The number of carbonyl (C=O) groups excluding carboxylic acids is 1. The summed E-state index contributed by atoms with van der Waals surface area (Å²) in [5, 5.41) is 5.31. The molecule has 4 heterocycles. The van der Waals surface area contributed by atoms with Gasteiger partial charge in [0.2, 0.25) is 0 Å². The van der Waals surface area contributed by atoms with Crippen LogP contribution in [0.4, 0.5) is 0 Å². The summed E-state index contributed by atoms with van der Waals surface area (Å²) >= 11 is 1.69. The van der Waals surface area contributed by atoms with Crippen molar-refractivity contribution >= 4 is 28.3 Å². The molecule has 1 atom stereocenters. The molecule has 4 rings (SSSR count). The molecule has 1 amide bonds. The van der Waals surface area contributed by atoms with Crippen molar-refractivity contribution in [1.29, 1.82) is 0 Å². The number of fused-ring (bicyclic) bond motifs is 1. The number of likely N-dealkylation sites (tertiary alicyclic amines) is 1. The average molecular weight is 484 g/mol. The van der Waals surface area contributed by atoms with E-state index in [0.717, 1.165) is 31.8 Å². The number of nitrogens with one attached hydrogen (secondary N) is 2. The second kappa shape index (κ2) is 10.2. The fourth-order valence-corrected chi connectivity index (χ4v) is 5.44. The molecule has 0 aromatic carbocycles. The molecule has 0 radical (unpaired) electrons. The number of pyridine rings is 1. The largest absolute Gasteiger partial charge is 0.350 e.